The van der Waals surface area contributed by atoms with Crippen LogP contribution in [-0.2, 0) is 23.7 Å². The Balaban J connectivity index is 0.903. The van der Waals surface area contributed by atoms with Crippen LogP contribution in [0.5, 0.6) is 0 Å². The Kier molecular flexibility index (Phi) is 25.1. The van der Waals surface area contributed by atoms with E-state index in [1.165, 1.54) is 128 Å². The van der Waals surface area contributed by atoms with Crippen molar-refractivity contribution in [3.05, 3.63) is 36.5 Å². The van der Waals surface area contributed by atoms with E-state index in [1.54, 1.807) is 0 Å². The third kappa shape index (κ3) is 18.0. The standard InChI is InChI=1S/C58H101NO6/c1-7-8-9-10-11-12-13-14-15-16-17-18-19-20-21-25-39-62-46-51(45-59-37-23-22-24-38-59)63-42-40-61-41-43-64-56(60)65-50-33-35-57(5)49(44-50)29-30-52-54-32-31-53(48(4)28-26-27-47(2)3)58(54,6)36-34-55(52)57/h11-12,14-15,29-30,47-55H,7-10,13,16-28,31-46H2,1-6H3/b12-11-,15-14-/t48-,49?,50+,51?,52?,53-,54?,55?,57+,58-/m1/s1. The lowest BCUT2D eigenvalue weighted by Crippen LogP contribution is -2.52. The molecule has 374 valence electrons. The number of hydrogen-bond acceptors (Lipinski definition) is 7. The van der Waals surface area contributed by atoms with Gasteiger partial charge < -0.3 is 28.6 Å². The average Bonchev–Trinajstić information content (AvgIpc) is 3.66. The van der Waals surface area contributed by atoms with Crippen molar-refractivity contribution in [2.45, 2.75) is 214 Å². The van der Waals surface area contributed by atoms with Crippen LogP contribution in [0.1, 0.15) is 202 Å². The molecule has 0 bridgehead atoms. The van der Waals surface area contributed by atoms with Gasteiger partial charge in [0.05, 0.1) is 32.5 Å². The van der Waals surface area contributed by atoms with Crippen molar-refractivity contribution in [1.29, 1.82) is 0 Å². The van der Waals surface area contributed by atoms with Crippen LogP contribution >= 0.6 is 0 Å². The maximum atomic E-state index is 12.8. The van der Waals surface area contributed by atoms with Crippen LogP contribution in [0.2, 0.25) is 0 Å². The first kappa shape index (κ1) is 54.3. The van der Waals surface area contributed by atoms with Gasteiger partial charge in [-0.05, 0) is 162 Å². The summed E-state index contributed by atoms with van der Waals surface area (Å²) in [5.41, 5.74) is 0.780. The van der Waals surface area contributed by atoms with E-state index in [9.17, 15) is 4.79 Å². The summed E-state index contributed by atoms with van der Waals surface area (Å²) in [6.45, 7) is 20.9. The fourth-order valence-electron chi connectivity index (χ4n) is 13.4. The molecule has 5 rings (SSSR count). The van der Waals surface area contributed by atoms with Crippen molar-refractivity contribution in [3.8, 4) is 0 Å². The van der Waals surface area contributed by atoms with Gasteiger partial charge in [-0.15, -0.1) is 0 Å². The largest absolute Gasteiger partial charge is 0.508 e. The molecule has 10 atom stereocenters. The second kappa shape index (κ2) is 30.0. The van der Waals surface area contributed by atoms with E-state index in [4.69, 9.17) is 23.7 Å². The number of ether oxygens (including phenoxy) is 5. The molecule has 0 spiro atoms. The summed E-state index contributed by atoms with van der Waals surface area (Å²) < 4.78 is 29.8. The first-order valence-electron chi connectivity index (χ1n) is 27.9. The number of piperidine rings is 1. The number of carbonyl (C=O) groups excluding carboxylic acids is 1. The summed E-state index contributed by atoms with van der Waals surface area (Å²) in [6.07, 6.45) is 45.5. The van der Waals surface area contributed by atoms with Crippen LogP contribution < -0.4 is 0 Å². The third-order valence-electron chi connectivity index (χ3n) is 17.3. The minimum Gasteiger partial charge on any atom is -0.432 e. The molecule has 3 saturated carbocycles. The lowest BCUT2D eigenvalue weighted by atomic mass is 9.46. The number of carbonyl (C=O) groups is 1. The Bertz CT molecular complexity index is 1370. The van der Waals surface area contributed by atoms with Crippen molar-refractivity contribution in [2.75, 3.05) is 59.3 Å². The number of allylic oxidation sites excluding steroid dienone is 6. The van der Waals surface area contributed by atoms with Crippen molar-refractivity contribution in [2.24, 2.45) is 52.3 Å². The Morgan fingerprint density at radius 1 is 0.708 bits per heavy atom. The predicted molar refractivity (Wildman–Crippen MR) is 270 cm³/mol. The maximum absolute atomic E-state index is 12.8. The molecule has 0 radical (unpaired) electrons. The fraction of sp³-hybridized carbons (Fsp3) is 0.879. The summed E-state index contributed by atoms with van der Waals surface area (Å²) in [4.78, 5) is 15.4. The molecule has 5 unspecified atom stereocenters. The van der Waals surface area contributed by atoms with E-state index in [-0.39, 0.29) is 18.8 Å². The molecule has 1 aliphatic heterocycles. The quantitative estimate of drug-likeness (QED) is 0.0378. The lowest BCUT2D eigenvalue weighted by molar-refractivity contribution is -0.0892. The fourth-order valence-corrected chi connectivity index (χ4v) is 13.4. The minimum absolute atomic E-state index is 0.0428. The molecule has 7 nitrogen and oxygen atoms in total. The van der Waals surface area contributed by atoms with Crippen molar-refractivity contribution in [3.63, 3.8) is 0 Å². The monoisotopic (exact) mass is 908 g/mol. The molecule has 0 aromatic carbocycles. The summed E-state index contributed by atoms with van der Waals surface area (Å²) in [6, 6.07) is 0. The van der Waals surface area contributed by atoms with Crippen LogP contribution in [0.15, 0.2) is 36.5 Å². The smallest absolute Gasteiger partial charge is 0.432 e. The predicted octanol–water partition coefficient (Wildman–Crippen LogP) is 15.1. The minimum atomic E-state index is -0.553. The van der Waals surface area contributed by atoms with Crippen LogP contribution in [0.4, 0.5) is 4.79 Å². The van der Waals surface area contributed by atoms with Crippen molar-refractivity contribution < 1.29 is 28.5 Å². The Hall–Kier alpha value is -1.67. The molecule has 0 N–H and O–H groups in total. The average molecular weight is 908 g/mol. The number of rotatable bonds is 32. The molecular weight excluding hydrogens is 807 g/mol. The summed E-state index contributed by atoms with van der Waals surface area (Å²) in [7, 11) is 0. The summed E-state index contributed by atoms with van der Waals surface area (Å²) in [5, 5.41) is 0. The highest BCUT2D eigenvalue weighted by Crippen LogP contribution is 2.67. The number of hydrogen-bond donors (Lipinski definition) is 0. The van der Waals surface area contributed by atoms with Crippen molar-refractivity contribution in [1.82, 2.24) is 4.90 Å². The van der Waals surface area contributed by atoms with E-state index < -0.39 is 6.16 Å². The molecule has 1 heterocycles. The van der Waals surface area contributed by atoms with Crippen LogP contribution in [-0.4, -0.2) is 82.5 Å². The van der Waals surface area contributed by atoms with E-state index in [2.05, 4.69) is 82.9 Å². The zero-order valence-electron chi connectivity index (χ0n) is 43.1. The maximum Gasteiger partial charge on any atom is 0.508 e. The van der Waals surface area contributed by atoms with Gasteiger partial charge >= 0.3 is 6.16 Å². The zero-order valence-corrected chi connectivity index (χ0v) is 43.1. The molecular formula is C58H101NO6. The SMILES string of the molecule is CCCCC/C=C\C/C=C\CCCCCCCCOCC(CN1CCCCC1)OCCOCCOC(=O)O[C@H]1CC[C@@]2(C)C(C=CC3C2CC[C@@]2(C)C3CC[C@@H]2[C@H](C)CCCC(C)C)C1. The normalized spacial score (nSPS) is 30.1. The van der Waals surface area contributed by atoms with Gasteiger partial charge in [0.25, 0.3) is 0 Å². The second-order valence-electron chi connectivity index (χ2n) is 22.6. The molecule has 5 aliphatic rings. The molecule has 4 aliphatic carbocycles. The molecule has 4 fully saturated rings. The van der Waals surface area contributed by atoms with Gasteiger partial charge in [0, 0.05) is 13.2 Å². The highest BCUT2D eigenvalue weighted by molar-refractivity contribution is 5.60. The van der Waals surface area contributed by atoms with E-state index in [0.717, 1.165) is 87.9 Å². The van der Waals surface area contributed by atoms with Gasteiger partial charge in [-0.3, -0.25) is 0 Å². The number of likely N-dealkylation sites (tertiary alicyclic amines) is 1. The molecule has 1 saturated heterocycles. The van der Waals surface area contributed by atoms with Gasteiger partial charge in [-0.25, -0.2) is 4.79 Å². The molecule has 0 aromatic heterocycles. The van der Waals surface area contributed by atoms with E-state index >= 15 is 0 Å². The Morgan fingerprint density at radius 2 is 1.42 bits per heavy atom. The topological polar surface area (TPSA) is 66.5 Å². The summed E-state index contributed by atoms with van der Waals surface area (Å²) in [5.74, 6) is 5.27. The highest BCUT2D eigenvalue weighted by Gasteiger charge is 2.59. The number of unbranched alkanes of at least 4 members (excludes halogenated alkanes) is 9. The van der Waals surface area contributed by atoms with Crippen molar-refractivity contribution >= 4 is 6.16 Å². The van der Waals surface area contributed by atoms with Gasteiger partial charge in [0.1, 0.15) is 12.7 Å². The van der Waals surface area contributed by atoms with Gasteiger partial charge in [0.15, 0.2) is 0 Å². The third-order valence-corrected chi connectivity index (χ3v) is 17.3. The summed E-state index contributed by atoms with van der Waals surface area (Å²) >= 11 is 0. The Labute approximate surface area is 400 Å². The molecule has 0 aromatic rings. The van der Waals surface area contributed by atoms with Crippen LogP contribution in [0.3, 0.4) is 0 Å². The van der Waals surface area contributed by atoms with Gasteiger partial charge in [0.2, 0.25) is 0 Å². The van der Waals surface area contributed by atoms with E-state index in [0.29, 0.717) is 49.1 Å². The number of nitrogens with zero attached hydrogens (tertiary/aromatic N) is 1. The zero-order chi connectivity index (χ0) is 46.2. The Morgan fingerprint density at radius 3 is 2.18 bits per heavy atom. The molecule has 7 heteroatoms. The van der Waals surface area contributed by atoms with Crippen LogP contribution in [0, 0.1) is 52.3 Å². The van der Waals surface area contributed by atoms with E-state index in [1.807, 2.05) is 0 Å². The van der Waals surface area contributed by atoms with Crippen LogP contribution in [0.25, 0.3) is 0 Å². The first-order chi connectivity index (χ1) is 31.6. The molecule has 65 heavy (non-hydrogen) atoms. The lowest BCUT2D eigenvalue weighted by Gasteiger charge is -2.59. The van der Waals surface area contributed by atoms with Gasteiger partial charge in [-0.1, -0.05) is 142 Å². The second-order valence-corrected chi connectivity index (χ2v) is 22.6. The molecule has 0 amide bonds. The first-order valence-corrected chi connectivity index (χ1v) is 27.9. The number of fused-ring (bicyclic) bond motifs is 5. The highest BCUT2D eigenvalue weighted by atomic mass is 16.7. The van der Waals surface area contributed by atoms with Gasteiger partial charge in [-0.2, -0.15) is 0 Å².